The molecule has 1 N–H and O–H groups in total. The van der Waals surface area contributed by atoms with Gasteiger partial charge in [-0.3, -0.25) is 38.4 Å². The smallest absolute Gasteiger partial charge is 0.311 e. The van der Waals surface area contributed by atoms with E-state index in [4.69, 9.17) is 61.6 Å². The Labute approximate surface area is 359 Å². The molecule has 352 valence electrons. The standard InChI is InChI=1S/C40H60O22/c1-16-25(53-18(3)41)28(55-20(5)43)32(57-22(7)45)35(51-16)60-27-24(15-50-37(48)39(9,10)11)59-34(47)31(30(27)62-38(49)40(12,13)14)61-36-33(58-23(8)46)29(56-21(6)44)26(17(2)52-36)54-19(4)42/h16-17,24-36,47H,15H2,1-14H3/t16-,17-,24+,25-,26-,27+,28+,29+,30-,31+,32+,33+,34+,35-,36-/m0/s1. The molecule has 3 aliphatic rings. The van der Waals surface area contributed by atoms with E-state index in [1.807, 2.05) is 0 Å². The Morgan fingerprint density at radius 1 is 0.435 bits per heavy atom. The average Bonchev–Trinajstić information content (AvgIpc) is 3.10. The molecule has 22 heteroatoms. The fraction of sp³-hybridized carbons (Fsp3) is 0.800. The van der Waals surface area contributed by atoms with E-state index in [9.17, 15) is 43.5 Å². The Balaban J connectivity index is 2.26. The lowest BCUT2D eigenvalue weighted by molar-refractivity contribution is -0.381. The van der Waals surface area contributed by atoms with Crippen LogP contribution in [0, 0.1) is 10.8 Å². The molecular formula is C40H60O22. The lowest BCUT2D eigenvalue weighted by Gasteiger charge is -2.50. The Kier molecular flexibility index (Phi) is 17.8. The van der Waals surface area contributed by atoms with E-state index < -0.39 is 157 Å². The highest BCUT2D eigenvalue weighted by Gasteiger charge is 2.59. The first-order valence-electron chi connectivity index (χ1n) is 19.9. The number of carbonyl (C=O) groups excluding carboxylic acids is 8. The highest BCUT2D eigenvalue weighted by atomic mass is 16.8. The summed E-state index contributed by atoms with van der Waals surface area (Å²) in [5.74, 6) is -6.79. The van der Waals surface area contributed by atoms with Crippen LogP contribution in [0.25, 0.3) is 0 Å². The van der Waals surface area contributed by atoms with Crippen molar-refractivity contribution in [1.29, 1.82) is 0 Å². The molecule has 0 aromatic heterocycles. The van der Waals surface area contributed by atoms with Crippen molar-refractivity contribution in [3.63, 3.8) is 0 Å². The summed E-state index contributed by atoms with van der Waals surface area (Å²) < 4.78 is 75.4. The van der Waals surface area contributed by atoms with Crippen molar-refractivity contribution in [1.82, 2.24) is 0 Å². The van der Waals surface area contributed by atoms with E-state index in [0.717, 1.165) is 41.5 Å². The quantitative estimate of drug-likeness (QED) is 0.200. The SMILES string of the molecule is CC(=O)O[C@@H]1[C@@H](OC(C)=O)[C@H](C)O[C@@H](O[C@@H]2[C@@H](OC(=O)C(C)(C)C)[C@H](O[C@@H]3O[C@@H](C)[C@H](OC(C)=O)[C@@H](OC(C)=O)[C@H]3OC(C)=O)[C@@H](COC(=O)C(C)(C)C)O[C@H]2O)[C@@H]1OC(C)=O. The minimum absolute atomic E-state index is 0.663. The Hall–Kier alpha value is -4.48. The van der Waals surface area contributed by atoms with E-state index in [1.54, 1.807) is 20.8 Å². The molecular weight excluding hydrogens is 832 g/mol. The number of aliphatic hydroxyl groups excluding tert-OH is 1. The molecule has 22 nitrogen and oxygen atoms in total. The molecule has 0 aromatic rings. The lowest BCUT2D eigenvalue weighted by atomic mass is 9.94. The average molecular weight is 893 g/mol. The summed E-state index contributed by atoms with van der Waals surface area (Å²) in [6.07, 6.45) is -24.1. The molecule has 0 bridgehead atoms. The van der Waals surface area contributed by atoms with Crippen molar-refractivity contribution in [3.8, 4) is 0 Å². The number of hydrogen-bond donors (Lipinski definition) is 1. The molecule has 3 fully saturated rings. The summed E-state index contributed by atoms with van der Waals surface area (Å²) in [4.78, 5) is 101. The highest BCUT2D eigenvalue weighted by molar-refractivity contribution is 5.76. The second-order valence-corrected chi connectivity index (χ2v) is 17.1. The van der Waals surface area contributed by atoms with Gasteiger partial charge in [-0.15, -0.1) is 0 Å². The molecule has 3 aliphatic heterocycles. The number of carbonyl (C=O) groups is 8. The van der Waals surface area contributed by atoms with Crippen LogP contribution in [0.2, 0.25) is 0 Å². The van der Waals surface area contributed by atoms with E-state index in [1.165, 1.54) is 34.6 Å². The van der Waals surface area contributed by atoms with Crippen LogP contribution in [0.4, 0.5) is 0 Å². The predicted octanol–water partition coefficient (Wildman–Crippen LogP) is 1.10. The summed E-state index contributed by atoms with van der Waals surface area (Å²) >= 11 is 0. The van der Waals surface area contributed by atoms with E-state index >= 15 is 0 Å². The van der Waals surface area contributed by atoms with Gasteiger partial charge in [0, 0.05) is 41.5 Å². The van der Waals surface area contributed by atoms with Gasteiger partial charge in [-0.05, 0) is 55.4 Å². The van der Waals surface area contributed by atoms with Crippen LogP contribution >= 0.6 is 0 Å². The Morgan fingerprint density at radius 3 is 1.11 bits per heavy atom. The van der Waals surface area contributed by atoms with Gasteiger partial charge in [-0.2, -0.15) is 0 Å². The molecule has 0 aliphatic carbocycles. The van der Waals surface area contributed by atoms with Gasteiger partial charge in [-0.25, -0.2) is 0 Å². The maximum absolute atomic E-state index is 13.8. The maximum atomic E-state index is 13.8. The topological polar surface area (TPSA) is 277 Å². The van der Waals surface area contributed by atoms with Gasteiger partial charge >= 0.3 is 47.8 Å². The molecule has 3 heterocycles. The van der Waals surface area contributed by atoms with Crippen molar-refractivity contribution < 1.29 is 105 Å². The first-order chi connectivity index (χ1) is 28.5. The monoisotopic (exact) mass is 892 g/mol. The number of esters is 8. The van der Waals surface area contributed by atoms with Crippen LogP contribution < -0.4 is 0 Å². The first-order valence-corrected chi connectivity index (χ1v) is 19.9. The van der Waals surface area contributed by atoms with Crippen molar-refractivity contribution in [2.45, 2.75) is 189 Å². The van der Waals surface area contributed by atoms with Gasteiger partial charge in [0.2, 0.25) is 0 Å². The molecule has 0 radical (unpaired) electrons. The van der Waals surface area contributed by atoms with Gasteiger partial charge in [0.1, 0.15) is 18.8 Å². The third-order valence-corrected chi connectivity index (χ3v) is 9.31. The van der Waals surface area contributed by atoms with Crippen LogP contribution in [-0.4, -0.2) is 152 Å². The Bertz CT molecular complexity index is 1650. The largest absolute Gasteiger partial charge is 0.462 e. The van der Waals surface area contributed by atoms with Crippen LogP contribution in [0.3, 0.4) is 0 Å². The van der Waals surface area contributed by atoms with Gasteiger partial charge in [-0.1, -0.05) is 0 Å². The third-order valence-electron chi connectivity index (χ3n) is 9.31. The molecule has 3 rings (SSSR count). The molecule has 0 saturated carbocycles. The summed E-state index contributed by atoms with van der Waals surface area (Å²) in [7, 11) is 0. The molecule has 0 aromatic carbocycles. The van der Waals surface area contributed by atoms with E-state index in [2.05, 4.69) is 0 Å². The summed E-state index contributed by atoms with van der Waals surface area (Å²) in [5.41, 5.74) is -2.28. The first kappa shape index (κ1) is 51.9. The van der Waals surface area contributed by atoms with Gasteiger partial charge in [0.05, 0.1) is 23.0 Å². The number of rotatable bonds is 13. The van der Waals surface area contributed by atoms with Crippen molar-refractivity contribution in [3.05, 3.63) is 0 Å². The van der Waals surface area contributed by atoms with Crippen LogP contribution in [0.5, 0.6) is 0 Å². The number of ether oxygens (including phenoxy) is 13. The summed E-state index contributed by atoms with van der Waals surface area (Å²) in [5, 5.41) is 11.7. The van der Waals surface area contributed by atoms with Gasteiger partial charge in [0.25, 0.3) is 0 Å². The minimum Gasteiger partial charge on any atom is -0.462 e. The molecule has 15 atom stereocenters. The lowest BCUT2D eigenvalue weighted by Crippen LogP contribution is -2.68. The van der Waals surface area contributed by atoms with Gasteiger partial charge in [0.15, 0.2) is 67.7 Å². The van der Waals surface area contributed by atoms with Crippen molar-refractivity contribution in [2.24, 2.45) is 10.8 Å². The highest BCUT2D eigenvalue weighted by Crippen LogP contribution is 2.38. The van der Waals surface area contributed by atoms with Gasteiger partial charge < -0.3 is 66.7 Å². The van der Waals surface area contributed by atoms with E-state index in [0.29, 0.717) is 0 Å². The minimum atomic E-state index is -2.10. The Morgan fingerprint density at radius 2 is 0.758 bits per heavy atom. The fourth-order valence-corrected chi connectivity index (χ4v) is 6.62. The zero-order valence-electron chi connectivity index (χ0n) is 37.4. The molecule has 0 amide bonds. The third kappa shape index (κ3) is 14.0. The van der Waals surface area contributed by atoms with Crippen molar-refractivity contribution >= 4 is 47.8 Å². The van der Waals surface area contributed by atoms with Crippen LogP contribution in [0.15, 0.2) is 0 Å². The number of hydrogen-bond acceptors (Lipinski definition) is 22. The predicted molar refractivity (Wildman–Crippen MR) is 202 cm³/mol. The molecule has 62 heavy (non-hydrogen) atoms. The molecule has 3 saturated heterocycles. The normalized spacial score (nSPS) is 33.8. The molecule has 0 spiro atoms. The summed E-state index contributed by atoms with van der Waals surface area (Å²) in [6.45, 7) is 17.8. The zero-order chi connectivity index (χ0) is 47.2. The fourth-order valence-electron chi connectivity index (χ4n) is 6.62. The van der Waals surface area contributed by atoms with Crippen molar-refractivity contribution in [2.75, 3.05) is 6.61 Å². The number of aliphatic hydroxyl groups is 1. The second kappa shape index (κ2) is 21.3. The van der Waals surface area contributed by atoms with Crippen LogP contribution in [-0.2, 0) is 99.9 Å². The van der Waals surface area contributed by atoms with Crippen LogP contribution in [0.1, 0.15) is 96.9 Å². The maximum Gasteiger partial charge on any atom is 0.311 e. The van der Waals surface area contributed by atoms with E-state index in [-0.39, 0.29) is 0 Å². The zero-order valence-corrected chi connectivity index (χ0v) is 37.4. The summed E-state index contributed by atoms with van der Waals surface area (Å²) in [6, 6.07) is 0. The molecule has 0 unspecified atom stereocenters. The second-order valence-electron chi connectivity index (χ2n) is 17.1.